The number of nitrogens with zero attached hydrogens (tertiary/aromatic N) is 1. The summed E-state index contributed by atoms with van der Waals surface area (Å²) in [5, 5.41) is 5.28. The van der Waals surface area contributed by atoms with Crippen molar-refractivity contribution >= 4 is 23.5 Å². The molecule has 0 saturated carbocycles. The second-order valence-corrected chi connectivity index (χ2v) is 6.46. The van der Waals surface area contributed by atoms with Crippen molar-refractivity contribution < 1.29 is 23.9 Å². The smallest absolute Gasteiger partial charge is 0.325 e. The molecule has 2 N–H and O–H groups in total. The molecule has 2 aliphatic heterocycles. The summed E-state index contributed by atoms with van der Waals surface area (Å²) < 4.78 is 10.9. The minimum absolute atomic E-state index is 0.265. The van der Waals surface area contributed by atoms with Crippen LogP contribution in [-0.4, -0.2) is 48.5 Å². The van der Waals surface area contributed by atoms with E-state index in [2.05, 4.69) is 10.6 Å². The lowest BCUT2D eigenvalue weighted by molar-refractivity contribution is -0.131. The molecule has 1 atom stereocenters. The van der Waals surface area contributed by atoms with Gasteiger partial charge in [0.05, 0.1) is 0 Å². The van der Waals surface area contributed by atoms with Crippen LogP contribution in [0.1, 0.15) is 20.3 Å². The van der Waals surface area contributed by atoms with Gasteiger partial charge in [-0.25, -0.2) is 4.79 Å². The quantitative estimate of drug-likeness (QED) is 0.784. The Labute approximate surface area is 145 Å². The van der Waals surface area contributed by atoms with E-state index >= 15 is 0 Å². The van der Waals surface area contributed by atoms with Crippen LogP contribution in [0.2, 0.25) is 0 Å². The number of ether oxygens (including phenoxy) is 2. The standard InChI is InChI=1S/C17H21N3O5/c1-10(2)7-12-16(22)20(17(23)19-12)9-15(21)18-11-3-4-13-14(8-11)25-6-5-24-13/h3-4,8,10,12H,5-7,9H2,1-2H3,(H,18,21)(H,19,23)/t12-/m1/s1. The van der Waals surface area contributed by atoms with E-state index < -0.39 is 18.0 Å². The number of carbonyl (C=O) groups is 3. The SMILES string of the molecule is CC(C)C[C@H]1NC(=O)N(CC(=O)Nc2ccc3c(c2)OCCO3)C1=O. The van der Waals surface area contributed by atoms with Gasteiger partial charge in [0, 0.05) is 11.8 Å². The van der Waals surface area contributed by atoms with Gasteiger partial charge >= 0.3 is 6.03 Å². The zero-order valence-corrected chi connectivity index (χ0v) is 14.2. The van der Waals surface area contributed by atoms with Crippen LogP contribution in [0.3, 0.4) is 0 Å². The molecule has 8 heteroatoms. The molecule has 8 nitrogen and oxygen atoms in total. The van der Waals surface area contributed by atoms with Crippen LogP contribution in [0, 0.1) is 5.92 Å². The van der Waals surface area contributed by atoms with E-state index in [9.17, 15) is 14.4 Å². The highest BCUT2D eigenvalue weighted by atomic mass is 16.6. The first-order valence-electron chi connectivity index (χ1n) is 8.25. The molecule has 1 aromatic carbocycles. The molecule has 0 spiro atoms. The number of hydrogen-bond acceptors (Lipinski definition) is 5. The van der Waals surface area contributed by atoms with Crippen molar-refractivity contribution in [3.05, 3.63) is 18.2 Å². The highest BCUT2D eigenvalue weighted by molar-refractivity contribution is 6.07. The number of amides is 4. The van der Waals surface area contributed by atoms with E-state index in [0.29, 0.717) is 36.8 Å². The Morgan fingerprint density at radius 2 is 2.00 bits per heavy atom. The minimum Gasteiger partial charge on any atom is -0.486 e. The molecule has 2 aliphatic rings. The van der Waals surface area contributed by atoms with E-state index in [1.54, 1.807) is 18.2 Å². The van der Waals surface area contributed by atoms with Crippen LogP contribution in [0.15, 0.2) is 18.2 Å². The summed E-state index contributed by atoms with van der Waals surface area (Å²) in [6.07, 6.45) is 0.546. The number of rotatable bonds is 5. The lowest BCUT2D eigenvalue weighted by Gasteiger charge is -2.19. The van der Waals surface area contributed by atoms with Crippen LogP contribution in [0.4, 0.5) is 10.5 Å². The van der Waals surface area contributed by atoms with Crippen molar-refractivity contribution in [1.82, 2.24) is 10.2 Å². The molecule has 0 aromatic heterocycles. The molecule has 134 valence electrons. The van der Waals surface area contributed by atoms with E-state index in [0.717, 1.165) is 4.90 Å². The summed E-state index contributed by atoms with van der Waals surface area (Å²) in [4.78, 5) is 37.3. The largest absolute Gasteiger partial charge is 0.486 e. The molecular weight excluding hydrogens is 326 g/mol. The third-order valence-corrected chi connectivity index (χ3v) is 3.94. The van der Waals surface area contributed by atoms with Crippen molar-refractivity contribution in [3.8, 4) is 11.5 Å². The molecule has 2 heterocycles. The summed E-state index contributed by atoms with van der Waals surface area (Å²) in [7, 11) is 0. The van der Waals surface area contributed by atoms with Gasteiger partial charge in [-0.3, -0.25) is 14.5 Å². The third kappa shape index (κ3) is 3.84. The predicted octanol–water partition coefficient (Wildman–Crippen LogP) is 1.36. The van der Waals surface area contributed by atoms with Crippen molar-refractivity contribution in [2.24, 2.45) is 5.92 Å². The van der Waals surface area contributed by atoms with E-state index in [1.807, 2.05) is 13.8 Å². The Bertz CT molecular complexity index is 704. The lowest BCUT2D eigenvalue weighted by atomic mass is 10.0. The Morgan fingerprint density at radius 1 is 1.28 bits per heavy atom. The van der Waals surface area contributed by atoms with Gasteiger partial charge in [0.2, 0.25) is 5.91 Å². The maximum absolute atomic E-state index is 12.3. The number of carbonyl (C=O) groups excluding carboxylic acids is 3. The number of hydrogen-bond donors (Lipinski definition) is 2. The van der Waals surface area contributed by atoms with Gasteiger partial charge in [0.15, 0.2) is 11.5 Å². The summed E-state index contributed by atoms with van der Waals surface area (Å²) in [6, 6.07) is 3.94. The normalized spacial score (nSPS) is 19.2. The first-order chi connectivity index (χ1) is 11.9. The fourth-order valence-corrected chi connectivity index (χ4v) is 2.82. The summed E-state index contributed by atoms with van der Waals surface area (Å²) >= 11 is 0. The van der Waals surface area contributed by atoms with Gasteiger partial charge in [-0.15, -0.1) is 0 Å². The molecule has 1 fully saturated rings. The zero-order chi connectivity index (χ0) is 18.0. The van der Waals surface area contributed by atoms with E-state index in [1.165, 1.54) is 0 Å². The highest BCUT2D eigenvalue weighted by Gasteiger charge is 2.39. The Balaban J connectivity index is 1.61. The third-order valence-electron chi connectivity index (χ3n) is 3.94. The predicted molar refractivity (Wildman–Crippen MR) is 89.5 cm³/mol. The Kier molecular flexibility index (Phi) is 4.78. The second-order valence-electron chi connectivity index (χ2n) is 6.46. The number of fused-ring (bicyclic) bond motifs is 1. The molecular formula is C17H21N3O5. The molecule has 0 bridgehead atoms. The topological polar surface area (TPSA) is 97.0 Å². The van der Waals surface area contributed by atoms with Crippen molar-refractivity contribution in [2.75, 3.05) is 25.1 Å². The fraction of sp³-hybridized carbons (Fsp3) is 0.471. The number of anilines is 1. The van der Waals surface area contributed by atoms with Crippen LogP contribution < -0.4 is 20.1 Å². The summed E-state index contributed by atoms with van der Waals surface area (Å²) in [5.74, 6) is 0.619. The average molecular weight is 347 g/mol. The molecule has 25 heavy (non-hydrogen) atoms. The van der Waals surface area contributed by atoms with Gasteiger partial charge in [-0.2, -0.15) is 0 Å². The van der Waals surface area contributed by atoms with Crippen molar-refractivity contribution in [2.45, 2.75) is 26.3 Å². The molecule has 1 saturated heterocycles. The Morgan fingerprint density at radius 3 is 2.72 bits per heavy atom. The number of nitrogens with one attached hydrogen (secondary N) is 2. The lowest BCUT2D eigenvalue weighted by Crippen LogP contribution is -2.38. The van der Waals surface area contributed by atoms with Crippen LogP contribution in [0.25, 0.3) is 0 Å². The molecule has 0 aliphatic carbocycles. The highest BCUT2D eigenvalue weighted by Crippen LogP contribution is 2.32. The summed E-state index contributed by atoms with van der Waals surface area (Å²) in [6.45, 7) is 4.55. The fourth-order valence-electron chi connectivity index (χ4n) is 2.82. The van der Waals surface area contributed by atoms with Gasteiger partial charge in [-0.1, -0.05) is 13.8 Å². The maximum Gasteiger partial charge on any atom is 0.325 e. The van der Waals surface area contributed by atoms with Gasteiger partial charge in [0.1, 0.15) is 25.8 Å². The first kappa shape index (κ1) is 17.1. The molecule has 1 aromatic rings. The van der Waals surface area contributed by atoms with Gasteiger partial charge < -0.3 is 20.1 Å². The number of urea groups is 1. The maximum atomic E-state index is 12.3. The molecule has 4 amide bonds. The average Bonchev–Trinajstić information content (AvgIpc) is 2.81. The molecule has 0 unspecified atom stereocenters. The zero-order valence-electron chi connectivity index (χ0n) is 14.2. The van der Waals surface area contributed by atoms with Crippen LogP contribution in [0.5, 0.6) is 11.5 Å². The second kappa shape index (κ2) is 7.00. The first-order valence-corrected chi connectivity index (χ1v) is 8.25. The molecule has 0 radical (unpaired) electrons. The van der Waals surface area contributed by atoms with E-state index in [4.69, 9.17) is 9.47 Å². The van der Waals surface area contributed by atoms with Crippen molar-refractivity contribution in [3.63, 3.8) is 0 Å². The van der Waals surface area contributed by atoms with Crippen LogP contribution >= 0.6 is 0 Å². The number of benzene rings is 1. The monoisotopic (exact) mass is 347 g/mol. The van der Waals surface area contributed by atoms with Crippen molar-refractivity contribution in [1.29, 1.82) is 0 Å². The van der Waals surface area contributed by atoms with Gasteiger partial charge in [-0.05, 0) is 24.5 Å². The van der Waals surface area contributed by atoms with E-state index in [-0.39, 0.29) is 18.4 Å². The number of imide groups is 1. The Hall–Kier alpha value is -2.77. The summed E-state index contributed by atoms with van der Waals surface area (Å²) in [5.41, 5.74) is 0.514. The molecule has 3 rings (SSSR count). The minimum atomic E-state index is -0.561. The van der Waals surface area contributed by atoms with Crippen LogP contribution in [-0.2, 0) is 9.59 Å². The van der Waals surface area contributed by atoms with Gasteiger partial charge in [0.25, 0.3) is 5.91 Å².